The van der Waals surface area contributed by atoms with E-state index >= 15 is 0 Å². The van der Waals surface area contributed by atoms with Gasteiger partial charge in [-0.3, -0.25) is 0 Å². The molecule has 1 N–H and O–H groups in total. The van der Waals surface area contributed by atoms with Gasteiger partial charge >= 0.3 is 6.18 Å². The SMILES string of the molecule is CCOc1cccc(CNc2cc(C(F)(F)F)ccn2)c1. The second-order valence-electron chi connectivity index (χ2n) is 4.36. The smallest absolute Gasteiger partial charge is 0.416 e. The van der Waals surface area contributed by atoms with Gasteiger partial charge in [0.25, 0.3) is 0 Å². The summed E-state index contributed by atoms with van der Waals surface area (Å²) >= 11 is 0. The molecule has 112 valence electrons. The van der Waals surface area contributed by atoms with Gasteiger partial charge in [-0.25, -0.2) is 4.98 Å². The average Bonchev–Trinajstić information content (AvgIpc) is 2.45. The van der Waals surface area contributed by atoms with Crippen LogP contribution in [0.5, 0.6) is 5.75 Å². The van der Waals surface area contributed by atoms with E-state index in [0.29, 0.717) is 13.2 Å². The first-order valence-electron chi connectivity index (χ1n) is 6.48. The van der Waals surface area contributed by atoms with Crippen LogP contribution in [0.2, 0.25) is 0 Å². The molecular weight excluding hydrogens is 281 g/mol. The van der Waals surface area contributed by atoms with Crippen LogP contribution in [0.3, 0.4) is 0 Å². The Kier molecular flexibility index (Phi) is 4.67. The lowest BCUT2D eigenvalue weighted by atomic mass is 10.2. The number of nitrogens with zero attached hydrogens (tertiary/aromatic N) is 1. The molecule has 0 radical (unpaired) electrons. The summed E-state index contributed by atoms with van der Waals surface area (Å²) in [7, 11) is 0. The zero-order valence-corrected chi connectivity index (χ0v) is 11.4. The van der Waals surface area contributed by atoms with Crippen molar-refractivity contribution in [1.29, 1.82) is 0 Å². The van der Waals surface area contributed by atoms with E-state index in [1.165, 1.54) is 0 Å². The highest BCUT2D eigenvalue weighted by Crippen LogP contribution is 2.30. The van der Waals surface area contributed by atoms with E-state index in [9.17, 15) is 13.2 Å². The minimum absolute atomic E-state index is 0.187. The number of anilines is 1. The maximum Gasteiger partial charge on any atom is 0.416 e. The van der Waals surface area contributed by atoms with E-state index < -0.39 is 11.7 Å². The number of aromatic nitrogens is 1. The largest absolute Gasteiger partial charge is 0.494 e. The Morgan fingerprint density at radius 2 is 2.00 bits per heavy atom. The van der Waals surface area contributed by atoms with Crippen LogP contribution >= 0.6 is 0 Å². The molecule has 1 aromatic heterocycles. The lowest BCUT2D eigenvalue weighted by molar-refractivity contribution is -0.137. The van der Waals surface area contributed by atoms with Crippen LogP contribution in [0, 0.1) is 0 Å². The van der Waals surface area contributed by atoms with Gasteiger partial charge in [0.15, 0.2) is 0 Å². The van der Waals surface area contributed by atoms with Gasteiger partial charge in [-0.05, 0) is 36.8 Å². The van der Waals surface area contributed by atoms with Gasteiger partial charge in [0.1, 0.15) is 11.6 Å². The van der Waals surface area contributed by atoms with Crippen LogP contribution in [0.15, 0.2) is 42.6 Å². The van der Waals surface area contributed by atoms with Crippen molar-refractivity contribution in [3.05, 3.63) is 53.7 Å². The monoisotopic (exact) mass is 296 g/mol. The third-order valence-electron chi connectivity index (χ3n) is 2.77. The van der Waals surface area contributed by atoms with Crippen molar-refractivity contribution in [2.24, 2.45) is 0 Å². The lowest BCUT2D eigenvalue weighted by Gasteiger charge is -2.10. The van der Waals surface area contributed by atoms with E-state index in [2.05, 4.69) is 10.3 Å². The highest BCUT2D eigenvalue weighted by molar-refractivity contribution is 5.40. The minimum atomic E-state index is -4.37. The summed E-state index contributed by atoms with van der Waals surface area (Å²) in [4.78, 5) is 3.88. The Balaban J connectivity index is 2.04. The lowest BCUT2D eigenvalue weighted by Crippen LogP contribution is -2.07. The van der Waals surface area contributed by atoms with Crippen molar-refractivity contribution in [2.75, 3.05) is 11.9 Å². The number of hydrogen-bond donors (Lipinski definition) is 1. The summed E-state index contributed by atoms with van der Waals surface area (Å²) < 4.78 is 43.2. The van der Waals surface area contributed by atoms with Gasteiger partial charge in [0.2, 0.25) is 0 Å². The number of halogens is 3. The molecule has 3 nitrogen and oxygen atoms in total. The molecule has 0 aliphatic heterocycles. The van der Waals surface area contributed by atoms with Crippen molar-refractivity contribution in [3.63, 3.8) is 0 Å². The quantitative estimate of drug-likeness (QED) is 0.901. The molecular formula is C15H15F3N2O. The minimum Gasteiger partial charge on any atom is -0.494 e. The summed E-state index contributed by atoms with van der Waals surface area (Å²) in [5.41, 5.74) is 0.184. The maximum atomic E-state index is 12.6. The van der Waals surface area contributed by atoms with Gasteiger partial charge in [-0.15, -0.1) is 0 Å². The fraction of sp³-hybridized carbons (Fsp3) is 0.267. The first-order valence-corrected chi connectivity index (χ1v) is 6.48. The van der Waals surface area contributed by atoms with Crippen LogP contribution in [0.4, 0.5) is 19.0 Å². The van der Waals surface area contributed by atoms with Crippen molar-refractivity contribution in [2.45, 2.75) is 19.6 Å². The maximum absolute atomic E-state index is 12.6. The van der Waals surface area contributed by atoms with E-state index in [4.69, 9.17) is 4.74 Å². The van der Waals surface area contributed by atoms with Crippen LogP contribution < -0.4 is 10.1 Å². The van der Waals surface area contributed by atoms with E-state index in [-0.39, 0.29) is 5.82 Å². The van der Waals surface area contributed by atoms with Crippen LogP contribution in [0.25, 0.3) is 0 Å². The highest BCUT2D eigenvalue weighted by atomic mass is 19.4. The molecule has 2 rings (SSSR count). The summed E-state index contributed by atoms with van der Waals surface area (Å²) in [5.74, 6) is 0.917. The van der Waals surface area contributed by atoms with E-state index in [1.54, 1.807) is 0 Å². The van der Waals surface area contributed by atoms with Crippen molar-refractivity contribution in [1.82, 2.24) is 4.98 Å². The molecule has 0 spiro atoms. The first-order chi connectivity index (χ1) is 9.99. The van der Waals surface area contributed by atoms with E-state index in [0.717, 1.165) is 29.6 Å². The molecule has 0 bridgehead atoms. The van der Waals surface area contributed by atoms with Gasteiger partial charge in [-0.1, -0.05) is 12.1 Å². The summed E-state index contributed by atoms with van der Waals surface area (Å²) in [6.45, 7) is 2.82. The molecule has 0 aliphatic rings. The average molecular weight is 296 g/mol. The summed E-state index contributed by atoms with van der Waals surface area (Å²) in [6.07, 6.45) is -3.23. The normalized spacial score (nSPS) is 11.2. The molecule has 0 fully saturated rings. The predicted molar refractivity (Wildman–Crippen MR) is 74.2 cm³/mol. The van der Waals surface area contributed by atoms with Gasteiger partial charge in [-0.2, -0.15) is 13.2 Å². The van der Waals surface area contributed by atoms with Gasteiger partial charge < -0.3 is 10.1 Å². The number of nitrogens with one attached hydrogen (secondary N) is 1. The van der Waals surface area contributed by atoms with Crippen molar-refractivity contribution in [3.8, 4) is 5.75 Å². The number of benzene rings is 1. The third-order valence-corrected chi connectivity index (χ3v) is 2.77. The molecule has 0 unspecified atom stereocenters. The van der Waals surface area contributed by atoms with Crippen LogP contribution in [-0.2, 0) is 12.7 Å². The predicted octanol–water partition coefficient (Wildman–Crippen LogP) is 4.11. The van der Waals surface area contributed by atoms with Crippen molar-refractivity contribution < 1.29 is 17.9 Å². The Hall–Kier alpha value is -2.24. The number of ether oxygens (including phenoxy) is 1. The molecule has 1 aromatic carbocycles. The molecule has 2 aromatic rings. The number of rotatable bonds is 5. The molecule has 6 heteroatoms. The zero-order chi connectivity index (χ0) is 15.3. The molecule has 21 heavy (non-hydrogen) atoms. The van der Waals surface area contributed by atoms with Crippen LogP contribution in [0.1, 0.15) is 18.1 Å². The van der Waals surface area contributed by atoms with Crippen molar-refractivity contribution >= 4 is 5.82 Å². The number of hydrogen-bond acceptors (Lipinski definition) is 3. The zero-order valence-electron chi connectivity index (χ0n) is 11.4. The summed E-state index contributed by atoms with van der Waals surface area (Å²) in [5, 5.41) is 2.88. The van der Waals surface area contributed by atoms with Crippen LogP contribution in [-0.4, -0.2) is 11.6 Å². The second kappa shape index (κ2) is 6.47. The van der Waals surface area contributed by atoms with E-state index in [1.807, 2.05) is 31.2 Å². The highest BCUT2D eigenvalue weighted by Gasteiger charge is 2.30. The molecule has 0 saturated heterocycles. The fourth-order valence-electron chi connectivity index (χ4n) is 1.81. The Morgan fingerprint density at radius 3 is 2.71 bits per heavy atom. The standard InChI is InChI=1S/C15H15F3N2O/c1-2-21-13-5-3-4-11(8-13)10-20-14-9-12(6-7-19-14)15(16,17)18/h3-9H,2,10H2,1H3,(H,19,20). The topological polar surface area (TPSA) is 34.1 Å². The molecule has 1 heterocycles. The molecule has 0 atom stereocenters. The second-order valence-corrected chi connectivity index (χ2v) is 4.36. The molecule has 0 saturated carbocycles. The van der Waals surface area contributed by atoms with Gasteiger partial charge in [0.05, 0.1) is 12.2 Å². The third kappa shape index (κ3) is 4.37. The first kappa shape index (κ1) is 15.2. The molecule has 0 amide bonds. The fourth-order valence-corrected chi connectivity index (χ4v) is 1.81. The van der Waals surface area contributed by atoms with Gasteiger partial charge in [0, 0.05) is 12.7 Å². The Morgan fingerprint density at radius 1 is 1.19 bits per heavy atom. The Bertz CT molecular complexity index is 599. The number of pyridine rings is 1. The number of alkyl halides is 3. The summed E-state index contributed by atoms with van der Waals surface area (Å²) in [6, 6.07) is 9.30. The Labute approximate surface area is 120 Å². The molecule has 0 aliphatic carbocycles.